The molecule has 0 heterocycles. The maximum atomic E-state index is 11.1. The highest BCUT2D eigenvalue weighted by Crippen LogP contribution is 2.25. The van der Waals surface area contributed by atoms with Crippen LogP contribution in [-0.4, -0.2) is 25.6 Å². The largest absolute Gasteiger partial charge is 0.494 e. The lowest BCUT2D eigenvalue weighted by molar-refractivity contribution is -0.120. The maximum absolute atomic E-state index is 11.1. The van der Waals surface area contributed by atoms with Gasteiger partial charge in [-0.25, -0.2) is 0 Å². The first kappa shape index (κ1) is 15.5. The zero-order valence-electron chi connectivity index (χ0n) is 12.2. The molecule has 1 aromatic rings. The molecule has 1 amide bonds. The third kappa shape index (κ3) is 4.91. The number of hydrogen-bond donors (Lipinski definition) is 2. The third-order valence-corrected chi connectivity index (χ3v) is 3.07. The van der Waals surface area contributed by atoms with Crippen molar-refractivity contribution in [2.24, 2.45) is 5.73 Å². The fourth-order valence-corrected chi connectivity index (χ4v) is 1.78. The van der Waals surface area contributed by atoms with Gasteiger partial charge in [-0.1, -0.05) is 32.9 Å². The van der Waals surface area contributed by atoms with E-state index in [0.717, 1.165) is 5.75 Å². The summed E-state index contributed by atoms with van der Waals surface area (Å²) in [7, 11) is 1.72. The van der Waals surface area contributed by atoms with E-state index in [1.54, 1.807) is 7.05 Å². The number of likely N-dealkylation sites (N-methyl/N-ethyl adjacent to an activating group) is 1. The van der Waals surface area contributed by atoms with E-state index in [4.69, 9.17) is 10.5 Å². The minimum atomic E-state index is -0.352. The van der Waals surface area contributed by atoms with Crippen molar-refractivity contribution < 1.29 is 9.53 Å². The Balaban J connectivity index is 2.57. The van der Waals surface area contributed by atoms with Gasteiger partial charge in [0.2, 0.25) is 5.91 Å². The number of hydrogen-bond acceptors (Lipinski definition) is 3. The van der Waals surface area contributed by atoms with Gasteiger partial charge in [0, 0.05) is 6.42 Å². The second kappa shape index (κ2) is 6.57. The molecule has 1 unspecified atom stereocenters. The monoisotopic (exact) mass is 264 g/mol. The van der Waals surface area contributed by atoms with Crippen LogP contribution in [0.3, 0.4) is 0 Å². The van der Waals surface area contributed by atoms with Gasteiger partial charge in [-0.2, -0.15) is 0 Å². The smallest absolute Gasteiger partial charge is 0.234 e. The molecular formula is C15H24N2O2. The summed E-state index contributed by atoms with van der Waals surface area (Å²) in [6.45, 7) is 6.95. The predicted molar refractivity (Wildman–Crippen MR) is 77.3 cm³/mol. The van der Waals surface area contributed by atoms with Gasteiger partial charge in [0.05, 0.1) is 12.6 Å². The molecule has 0 bridgehead atoms. The van der Waals surface area contributed by atoms with Crippen molar-refractivity contribution in [1.29, 1.82) is 0 Å². The first-order chi connectivity index (χ1) is 8.84. The molecule has 0 aliphatic carbocycles. The maximum Gasteiger partial charge on any atom is 0.234 e. The number of nitrogens with two attached hydrogens (primary N) is 1. The van der Waals surface area contributed by atoms with Crippen molar-refractivity contribution in [3.05, 3.63) is 29.8 Å². The second-order valence-electron chi connectivity index (χ2n) is 5.66. The lowest BCUT2D eigenvalue weighted by Crippen LogP contribution is -2.40. The topological polar surface area (TPSA) is 64.3 Å². The van der Waals surface area contributed by atoms with E-state index in [0.29, 0.717) is 13.0 Å². The first-order valence-electron chi connectivity index (χ1n) is 6.54. The average Bonchev–Trinajstić information content (AvgIpc) is 2.33. The second-order valence-corrected chi connectivity index (χ2v) is 5.66. The van der Waals surface area contributed by atoms with Crippen LogP contribution in [0.25, 0.3) is 0 Å². The average molecular weight is 264 g/mol. The Morgan fingerprint density at radius 2 is 2.11 bits per heavy atom. The van der Waals surface area contributed by atoms with E-state index in [1.165, 1.54) is 5.56 Å². The van der Waals surface area contributed by atoms with Gasteiger partial charge in [0.15, 0.2) is 0 Å². The van der Waals surface area contributed by atoms with Gasteiger partial charge < -0.3 is 15.8 Å². The van der Waals surface area contributed by atoms with Crippen molar-refractivity contribution in [2.75, 3.05) is 13.7 Å². The summed E-state index contributed by atoms with van der Waals surface area (Å²) in [5.74, 6) is 0.473. The van der Waals surface area contributed by atoms with Crippen LogP contribution in [0.5, 0.6) is 5.75 Å². The summed E-state index contributed by atoms with van der Waals surface area (Å²) in [5.41, 5.74) is 6.58. The van der Waals surface area contributed by atoms with Crippen molar-refractivity contribution in [2.45, 2.75) is 38.6 Å². The molecule has 4 nitrogen and oxygen atoms in total. The number of primary amides is 1. The molecule has 0 aliphatic heterocycles. The van der Waals surface area contributed by atoms with Gasteiger partial charge in [0.1, 0.15) is 5.75 Å². The molecule has 0 saturated heterocycles. The van der Waals surface area contributed by atoms with Gasteiger partial charge in [-0.3, -0.25) is 4.79 Å². The van der Waals surface area contributed by atoms with Crippen LogP contribution in [0.4, 0.5) is 0 Å². The number of benzene rings is 1. The molecule has 0 radical (unpaired) electrons. The standard InChI is InChI=1S/C15H24N2O2/c1-15(2,3)11-6-5-7-12(10-11)19-9-8-13(17-4)14(16)18/h5-7,10,13,17H,8-9H2,1-4H3,(H2,16,18). The molecular weight excluding hydrogens is 240 g/mol. The molecule has 0 spiro atoms. The summed E-state index contributed by atoms with van der Waals surface area (Å²) >= 11 is 0. The summed E-state index contributed by atoms with van der Waals surface area (Å²) in [4.78, 5) is 11.1. The van der Waals surface area contributed by atoms with E-state index in [2.05, 4.69) is 32.2 Å². The molecule has 1 aromatic carbocycles. The Morgan fingerprint density at radius 1 is 1.42 bits per heavy atom. The van der Waals surface area contributed by atoms with Gasteiger partial charge in [0.25, 0.3) is 0 Å². The molecule has 1 rings (SSSR count). The zero-order chi connectivity index (χ0) is 14.5. The fraction of sp³-hybridized carbons (Fsp3) is 0.533. The molecule has 19 heavy (non-hydrogen) atoms. The van der Waals surface area contributed by atoms with Gasteiger partial charge in [-0.05, 0) is 30.2 Å². The van der Waals surface area contributed by atoms with Crippen molar-refractivity contribution in [1.82, 2.24) is 5.32 Å². The van der Waals surface area contributed by atoms with Crippen LogP contribution in [0.15, 0.2) is 24.3 Å². The van der Waals surface area contributed by atoms with Crippen LogP contribution < -0.4 is 15.8 Å². The lowest BCUT2D eigenvalue weighted by Gasteiger charge is -2.20. The molecule has 106 valence electrons. The molecule has 0 aromatic heterocycles. The summed E-state index contributed by atoms with van der Waals surface area (Å²) in [6, 6.07) is 7.70. The number of carbonyl (C=O) groups is 1. The fourth-order valence-electron chi connectivity index (χ4n) is 1.78. The van der Waals surface area contributed by atoms with E-state index >= 15 is 0 Å². The number of carbonyl (C=O) groups excluding carboxylic acids is 1. The molecule has 0 saturated carbocycles. The first-order valence-corrected chi connectivity index (χ1v) is 6.54. The normalized spacial score (nSPS) is 13.1. The molecule has 0 aliphatic rings. The lowest BCUT2D eigenvalue weighted by atomic mass is 9.87. The SMILES string of the molecule is CNC(CCOc1cccc(C(C)(C)C)c1)C(N)=O. The predicted octanol–water partition coefficient (Wildman–Crippen LogP) is 1.83. The summed E-state index contributed by atoms with van der Waals surface area (Å²) in [5, 5.41) is 2.87. The number of ether oxygens (including phenoxy) is 1. The third-order valence-electron chi connectivity index (χ3n) is 3.07. The highest BCUT2D eigenvalue weighted by Gasteiger charge is 2.15. The Hall–Kier alpha value is -1.55. The minimum Gasteiger partial charge on any atom is -0.494 e. The van der Waals surface area contributed by atoms with Crippen LogP contribution in [-0.2, 0) is 10.2 Å². The van der Waals surface area contributed by atoms with E-state index in [-0.39, 0.29) is 17.4 Å². The Labute approximate surface area is 115 Å². The van der Waals surface area contributed by atoms with Crippen LogP contribution >= 0.6 is 0 Å². The van der Waals surface area contributed by atoms with E-state index in [1.807, 2.05) is 18.2 Å². The van der Waals surface area contributed by atoms with Crippen molar-refractivity contribution >= 4 is 5.91 Å². The van der Waals surface area contributed by atoms with Crippen LogP contribution in [0, 0.1) is 0 Å². The summed E-state index contributed by atoms with van der Waals surface area (Å²) < 4.78 is 5.68. The highest BCUT2D eigenvalue weighted by atomic mass is 16.5. The Bertz CT molecular complexity index is 424. The van der Waals surface area contributed by atoms with Crippen molar-refractivity contribution in [3.63, 3.8) is 0 Å². The Morgan fingerprint density at radius 3 is 2.63 bits per heavy atom. The Kier molecular flexibility index (Phi) is 5.36. The van der Waals surface area contributed by atoms with Crippen molar-refractivity contribution in [3.8, 4) is 5.75 Å². The zero-order valence-corrected chi connectivity index (χ0v) is 12.2. The van der Waals surface area contributed by atoms with E-state index in [9.17, 15) is 4.79 Å². The van der Waals surface area contributed by atoms with Crippen LogP contribution in [0.1, 0.15) is 32.8 Å². The van der Waals surface area contributed by atoms with Gasteiger partial charge >= 0.3 is 0 Å². The number of nitrogens with one attached hydrogen (secondary N) is 1. The van der Waals surface area contributed by atoms with Gasteiger partial charge in [-0.15, -0.1) is 0 Å². The molecule has 0 fully saturated rings. The quantitative estimate of drug-likeness (QED) is 0.824. The molecule has 3 N–H and O–H groups in total. The molecule has 4 heteroatoms. The minimum absolute atomic E-state index is 0.0973. The van der Waals surface area contributed by atoms with Crippen LogP contribution in [0.2, 0.25) is 0 Å². The van der Waals surface area contributed by atoms with E-state index < -0.39 is 0 Å². The summed E-state index contributed by atoms with van der Waals surface area (Å²) in [6.07, 6.45) is 0.561. The molecule has 1 atom stereocenters. The number of amides is 1. The highest BCUT2D eigenvalue weighted by molar-refractivity contribution is 5.79. The number of rotatable bonds is 6.